The van der Waals surface area contributed by atoms with E-state index < -0.39 is 0 Å². The predicted molar refractivity (Wildman–Crippen MR) is 103 cm³/mol. The van der Waals surface area contributed by atoms with Crippen LogP contribution in [0.4, 0.5) is 5.13 Å². The number of carbonyl (C=O) groups is 2. The summed E-state index contributed by atoms with van der Waals surface area (Å²) in [6.07, 6.45) is 6.12. The number of carbonyl (C=O) groups excluding carboxylic acids is 2. The number of hydrogen-bond acceptors (Lipinski definition) is 6. The molecular weight excluding hydrogens is 364 g/mol. The molecule has 1 aromatic heterocycles. The zero-order valence-electron chi connectivity index (χ0n) is 14.9. The Labute approximate surface area is 161 Å². The molecule has 27 heavy (non-hydrogen) atoms. The number of hydrogen-bond donors (Lipinski definition) is 1. The van der Waals surface area contributed by atoms with Crippen LogP contribution in [0, 0.1) is 17.8 Å². The molecule has 7 heteroatoms. The van der Waals surface area contributed by atoms with Gasteiger partial charge in [-0.05, 0) is 48.9 Å². The molecule has 0 aliphatic heterocycles. The van der Waals surface area contributed by atoms with E-state index in [1.807, 2.05) is 29.6 Å². The number of amides is 1. The highest BCUT2D eigenvalue weighted by molar-refractivity contribution is 7.14. The number of ether oxygens (including phenoxy) is 2. The number of methoxy groups -OCH3 is 1. The van der Waals surface area contributed by atoms with Gasteiger partial charge < -0.3 is 9.47 Å². The highest BCUT2D eigenvalue weighted by atomic mass is 32.1. The van der Waals surface area contributed by atoms with Gasteiger partial charge in [-0.3, -0.25) is 14.9 Å². The van der Waals surface area contributed by atoms with Gasteiger partial charge in [-0.2, -0.15) is 0 Å². The van der Waals surface area contributed by atoms with Crippen LogP contribution in [0.25, 0.3) is 11.3 Å². The minimum atomic E-state index is -0.377. The number of nitrogens with one attached hydrogen (secondary N) is 1. The summed E-state index contributed by atoms with van der Waals surface area (Å²) in [6.45, 7) is -0.284. The fourth-order valence-electron chi connectivity index (χ4n) is 3.68. The molecule has 0 saturated heterocycles. The quantitative estimate of drug-likeness (QED) is 0.609. The van der Waals surface area contributed by atoms with Crippen LogP contribution in [0.2, 0.25) is 0 Å². The lowest BCUT2D eigenvalue weighted by atomic mass is 9.94. The molecule has 2 aliphatic carbocycles. The summed E-state index contributed by atoms with van der Waals surface area (Å²) < 4.78 is 10.3. The minimum Gasteiger partial charge on any atom is -0.497 e. The first kappa shape index (κ1) is 17.7. The fraction of sp³-hybridized carbons (Fsp3) is 0.350. The highest BCUT2D eigenvalue weighted by Gasteiger charge is 2.40. The van der Waals surface area contributed by atoms with Gasteiger partial charge in [-0.1, -0.05) is 12.2 Å². The molecule has 2 aromatic rings. The van der Waals surface area contributed by atoms with Crippen molar-refractivity contribution in [1.82, 2.24) is 4.98 Å². The largest absolute Gasteiger partial charge is 0.497 e. The smallest absolute Gasteiger partial charge is 0.310 e. The van der Waals surface area contributed by atoms with Crippen LogP contribution in [0.5, 0.6) is 5.75 Å². The molecule has 1 aromatic carbocycles. The average Bonchev–Trinajstić information content (AvgIpc) is 3.43. The Balaban J connectivity index is 1.29. The van der Waals surface area contributed by atoms with Gasteiger partial charge in [-0.15, -0.1) is 11.3 Å². The van der Waals surface area contributed by atoms with Crippen molar-refractivity contribution >= 4 is 28.3 Å². The van der Waals surface area contributed by atoms with E-state index in [0.717, 1.165) is 29.8 Å². The molecule has 2 aliphatic rings. The third-order valence-electron chi connectivity index (χ3n) is 5.06. The van der Waals surface area contributed by atoms with E-state index in [0.29, 0.717) is 11.0 Å². The van der Waals surface area contributed by atoms with E-state index in [4.69, 9.17) is 9.47 Å². The van der Waals surface area contributed by atoms with Crippen LogP contribution >= 0.6 is 11.3 Å². The summed E-state index contributed by atoms with van der Waals surface area (Å²) >= 11 is 1.33. The molecule has 1 fully saturated rings. The number of allylic oxidation sites excluding steroid dienone is 2. The number of benzene rings is 1. The molecule has 4 rings (SSSR count). The summed E-state index contributed by atoms with van der Waals surface area (Å²) in [5.74, 6) is 0.784. The molecule has 1 heterocycles. The van der Waals surface area contributed by atoms with Gasteiger partial charge in [0.05, 0.1) is 18.7 Å². The fourth-order valence-corrected chi connectivity index (χ4v) is 4.41. The second-order valence-electron chi connectivity index (χ2n) is 6.81. The number of nitrogens with zero attached hydrogens (tertiary/aromatic N) is 1. The zero-order chi connectivity index (χ0) is 18.8. The van der Waals surface area contributed by atoms with Crippen LogP contribution in [0.1, 0.15) is 12.8 Å². The maximum absolute atomic E-state index is 12.2. The van der Waals surface area contributed by atoms with Crippen LogP contribution in [-0.4, -0.2) is 30.6 Å². The van der Waals surface area contributed by atoms with Crippen LogP contribution in [0.3, 0.4) is 0 Å². The number of fused-ring (bicyclic) bond motifs is 2. The summed E-state index contributed by atoms with van der Waals surface area (Å²) in [5, 5.41) is 5.03. The van der Waals surface area contributed by atoms with Gasteiger partial charge in [0.15, 0.2) is 11.7 Å². The molecule has 1 N–H and O–H groups in total. The lowest BCUT2D eigenvalue weighted by Crippen LogP contribution is -2.26. The summed E-state index contributed by atoms with van der Waals surface area (Å²) in [7, 11) is 1.62. The molecule has 140 valence electrons. The van der Waals surface area contributed by atoms with Gasteiger partial charge >= 0.3 is 5.97 Å². The van der Waals surface area contributed by atoms with Crippen LogP contribution in [0.15, 0.2) is 41.8 Å². The van der Waals surface area contributed by atoms with Crippen molar-refractivity contribution in [2.24, 2.45) is 17.8 Å². The van der Waals surface area contributed by atoms with Gasteiger partial charge in [-0.25, -0.2) is 4.98 Å². The van der Waals surface area contributed by atoms with Crippen molar-refractivity contribution in [2.45, 2.75) is 12.8 Å². The number of rotatable bonds is 6. The Morgan fingerprint density at radius 2 is 2.04 bits per heavy atom. The van der Waals surface area contributed by atoms with Crippen LogP contribution in [-0.2, 0) is 14.3 Å². The van der Waals surface area contributed by atoms with Gasteiger partial charge in [0.2, 0.25) is 0 Å². The highest BCUT2D eigenvalue weighted by Crippen LogP contribution is 2.43. The van der Waals surface area contributed by atoms with Gasteiger partial charge in [0.1, 0.15) is 5.75 Å². The number of thiazole rings is 1. The van der Waals surface area contributed by atoms with Gasteiger partial charge in [0, 0.05) is 10.9 Å². The Morgan fingerprint density at radius 3 is 2.70 bits per heavy atom. The number of aromatic nitrogens is 1. The molecule has 3 unspecified atom stereocenters. The molecule has 2 bridgehead atoms. The Kier molecular flexibility index (Phi) is 4.94. The summed E-state index contributed by atoms with van der Waals surface area (Å²) in [6, 6.07) is 7.53. The van der Waals surface area contributed by atoms with Crippen molar-refractivity contribution in [3.63, 3.8) is 0 Å². The number of esters is 1. The second kappa shape index (κ2) is 7.52. The first-order valence-corrected chi connectivity index (χ1v) is 9.75. The van der Waals surface area contributed by atoms with Crippen molar-refractivity contribution < 1.29 is 19.1 Å². The third-order valence-corrected chi connectivity index (χ3v) is 5.82. The van der Waals surface area contributed by atoms with Crippen molar-refractivity contribution in [3.8, 4) is 17.0 Å². The SMILES string of the molecule is COc1ccc(-c2csc(NC(=O)COC(=O)C3CC4C=CC3C4)n2)cc1. The first-order chi connectivity index (χ1) is 13.1. The van der Waals surface area contributed by atoms with E-state index in [-0.39, 0.29) is 30.3 Å². The maximum Gasteiger partial charge on any atom is 0.310 e. The minimum absolute atomic E-state index is 0.102. The van der Waals surface area contributed by atoms with Crippen molar-refractivity contribution in [2.75, 3.05) is 19.0 Å². The monoisotopic (exact) mass is 384 g/mol. The normalized spacial score (nSPS) is 22.6. The molecule has 0 radical (unpaired) electrons. The lowest BCUT2D eigenvalue weighted by molar-refractivity contribution is -0.152. The van der Waals surface area contributed by atoms with Crippen molar-refractivity contribution in [1.29, 1.82) is 0 Å². The Bertz CT molecular complexity index is 874. The molecule has 3 atom stereocenters. The predicted octanol–water partition coefficient (Wildman–Crippen LogP) is 3.51. The molecule has 0 spiro atoms. The molecular formula is C20H20N2O4S. The van der Waals surface area contributed by atoms with Gasteiger partial charge in [0.25, 0.3) is 5.91 Å². The summed E-state index contributed by atoms with van der Waals surface area (Å²) in [4.78, 5) is 28.7. The Morgan fingerprint density at radius 1 is 1.22 bits per heavy atom. The first-order valence-electron chi connectivity index (χ1n) is 8.87. The number of anilines is 1. The topological polar surface area (TPSA) is 77.5 Å². The lowest BCUT2D eigenvalue weighted by Gasteiger charge is -2.16. The van der Waals surface area contributed by atoms with E-state index in [2.05, 4.69) is 22.5 Å². The van der Waals surface area contributed by atoms with E-state index >= 15 is 0 Å². The van der Waals surface area contributed by atoms with E-state index in [9.17, 15) is 9.59 Å². The van der Waals surface area contributed by atoms with Crippen molar-refractivity contribution in [3.05, 3.63) is 41.8 Å². The maximum atomic E-state index is 12.2. The average molecular weight is 384 g/mol. The molecule has 1 amide bonds. The third kappa shape index (κ3) is 3.88. The molecule has 1 saturated carbocycles. The summed E-state index contributed by atoms with van der Waals surface area (Å²) in [5.41, 5.74) is 1.70. The zero-order valence-corrected chi connectivity index (χ0v) is 15.7. The van der Waals surface area contributed by atoms with E-state index in [1.165, 1.54) is 11.3 Å². The standard InChI is InChI=1S/C20H20N2O4S/c1-25-15-6-4-13(5-7-15)17-11-27-20(21-17)22-18(23)10-26-19(24)16-9-12-2-3-14(16)8-12/h2-7,11-12,14,16H,8-10H2,1H3,(H,21,22,23). The van der Waals surface area contributed by atoms with E-state index in [1.54, 1.807) is 7.11 Å². The molecule has 6 nitrogen and oxygen atoms in total. The Hall–Kier alpha value is -2.67. The van der Waals surface area contributed by atoms with Crippen LogP contribution < -0.4 is 10.1 Å². The second-order valence-corrected chi connectivity index (χ2v) is 7.67.